The zero-order valence-corrected chi connectivity index (χ0v) is 14.6. The number of rotatable bonds is 5. The Balaban J connectivity index is 1.44. The predicted octanol–water partition coefficient (Wildman–Crippen LogP) is 2.59. The molecule has 8 nitrogen and oxygen atoms in total. The Bertz CT molecular complexity index is 1030. The first-order valence-electron chi connectivity index (χ1n) is 8.30. The van der Waals surface area contributed by atoms with E-state index < -0.39 is 0 Å². The van der Waals surface area contributed by atoms with E-state index in [4.69, 9.17) is 4.42 Å². The lowest BCUT2D eigenvalue weighted by Crippen LogP contribution is -2.26. The highest BCUT2D eigenvalue weighted by atomic mass is 16.4. The molecule has 8 heteroatoms. The van der Waals surface area contributed by atoms with Gasteiger partial charge in [-0.1, -0.05) is 18.2 Å². The fourth-order valence-electron chi connectivity index (χ4n) is 2.56. The van der Waals surface area contributed by atoms with Crippen molar-refractivity contribution in [2.24, 2.45) is 0 Å². The van der Waals surface area contributed by atoms with E-state index in [0.717, 1.165) is 5.56 Å². The molecule has 27 heavy (non-hydrogen) atoms. The van der Waals surface area contributed by atoms with Gasteiger partial charge in [0.2, 0.25) is 11.8 Å². The monoisotopic (exact) mass is 360 g/mol. The summed E-state index contributed by atoms with van der Waals surface area (Å²) >= 11 is 0. The maximum Gasteiger partial charge on any atom is 0.255 e. The summed E-state index contributed by atoms with van der Waals surface area (Å²) in [4.78, 5) is 18.4. The number of benzene rings is 1. The predicted molar refractivity (Wildman–Crippen MR) is 96.9 cm³/mol. The molecule has 0 atom stereocenters. The van der Waals surface area contributed by atoms with Crippen LogP contribution >= 0.6 is 0 Å². The van der Waals surface area contributed by atoms with Gasteiger partial charge in [-0.05, 0) is 30.3 Å². The molecule has 0 aliphatic carbocycles. The lowest BCUT2D eigenvalue weighted by molar-refractivity contribution is 0.0772. The molecule has 0 bridgehead atoms. The molecule has 1 amide bonds. The van der Waals surface area contributed by atoms with Crippen molar-refractivity contribution in [2.75, 3.05) is 7.05 Å². The molecule has 134 valence electrons. The van der Waals surface area contributed by atoms with Crippen LogP contribution in [0.15, 0.2) is 71.5 Å². The van der Waals surface area contributed by atoms with Gasteiger partial charge in [0, 0.05) is 31.2 Å². The topological polar surface area (TPSA) is 89.9 Å². The summed E-state index contributed by atoms with van der Waals surface area (Å²) in [6.07, 6.45) is 4.98. The number of amides is 1. The highest BCUT2D eigenvalue weighted by Gasteiger charge is 2.16. The van der Waals surface area contributed by atoms with Crippen molar-refractivity contribution in [3.8, 4) is 17.3 Å². The number of aromatic nitrogens is 5. The molecule has 0 saturated carbocycles. The van der Waals surface area contributed by atoms with Crippen LogP contribution in [0.25, 0.3) is 17.3 Å². The third kappa shape index (κ3) is 3.59. The Morgan fingerprint density at radius 3 is 2.67 bits per heavy atom. The van der Waals surface area contributed by atoms with Crippen LogP contribution < -0.4 is 0 Å². The van der Waals surface area contributed by atoms with E-state index in [0.29, 0.717) is 23.2 Å². The van der Waals surface area contributed by atoms with E-state index in [2.05, 4.69) is 20.3 Å². The minimum atomic E-state index is -0.186. The fraction of sp³-hybridized carbons (Fsp3) is 0.105. The molecule has 3 aromatic heterocycles. The SMILES string of the molecule is CN(Cc1nnc(-c2ccccc2)o1)C(=O)c1ccc(-n2cccn2)nc1. The summed E-state index contributed by atoms with van der Waals surface area (Å²) in [5.74, 6) is 1.25. The van der Waals surface area contributed by atoms with Crippen molar-refractivity contribution in [3.63, 3.8) is 0 Å². The van der Waals surface area contributed by atoms with Crippen LogP contribution in [0.2, 0.25) is 0 Å². The summed E-state index contributed by atoms with van der Waals surface area (Å²) in [5, 5.41) is 12.2. The molecular formula is C19H16N6O2. The third-order valence-corrected chi connectivity index (χ3v) is 3.94. The van der Waals surface area contributed by atoms with Gasteiger partial charge < -0.3 is 9.32 Å². The van der Waals surface area contributed by atoms with Gasteiger partial charge in [0.1, 0.15) is 0 Å². The molecule has 0 unspecified atom stereocenters. The molecule has 0 N–H and O–H groups in total. The number of carbonyl (C=O) groups excluding carboxylic acids is 1. The van der Waals surface area contributed by atoms with Crippen LogP contribution in [0.1, 0.15) is 16.2 Å². The first kappa shape index (κ1) is 16.6. The maximum absolute atomic E-state index is 12.6. The molecule has 0 saturated heterocycles. The fourth-order valence-corrected chi connectivity index (χ4v) is 2.56. The quantitative estimate of drug-likeness (QED) is 0.543. The van der Waals surface area contributed by atoms with Crippen molar-refractivity contribution in [2.45, 2.75) is 6.54 Å². The van der Waals surface area contributed by atoms with Gasteiger partial charge >= 0.3 is 0 Å². The van der Waals surface area contributed by atoms with Gasteiger partial charge in [0.05, 0.1) is 12.1 Å². The Kier molecular flexibility index (Phi) is 4.44. The van der Waals surface area contributed by atoms with Crippen molar-refractivity contribution < 1.29 is 9.21 Å². The summed E-state index contributed by atoms with van der Waals surface area (Å²) in [5.41, 5.74) is 1.31. The lowest BCUT2D eigenvalue weighted by Gasteiger charge is -2.14. The maximum atomic E-state index is 12.6. The highest BCUT2D eigenvalue weighted by molar-refractivity contribution is 5.93. The summed E-state index contributed by atoms with van der Waals surface area (Å²) in [7, 11) is 1.68. The molecule has 0 fully saturated rings. The van der Waals surface area contributed by atoms with Crippen LogP contribution in [0, 0.1) is 0 Å². The average molecular weight is 360 g/mol. The molecule has 0 aliphatic heterocycles. The van der Waals surface area contributed by atoms with E-state index in [1.807, 2.05) is 36.4 Å². The minimum Gasteiger partial charge on any atom is -0.419 e. The molecule has 0 spiro atoms. The summed E-state index contributed by atoms with van der Waals surface area (Å²) in [6, 6.07) is 14.8. The molecule has 0 aliphatic rings. The number of hydrogen-bond acceptors (Lipinski definition) is 6. The number of nitrogens with zero attached hydrogens (tertiary/aromatic N) is 6. The largest absolute Gasteiger partial charge is 0.419 e. The summed E-state index contributed by atoms with van der Waals surface area (Å²) < 4.78 is 7.28. The van der Waals surface area contributed by atoms with Crippen molar-refractivity contribution in [1.29, 1.82) is 0 Å². The van der Waals surface area contributed by atoms with E-state index >= 15 is 0 Å². The third-order valence-electron chi connectivity index (χ3n) is 3.94. The van der Waals surface area contributed by atoms with Gasteiger partial charge in [-0.15, -0.1) is 10.2 Å². The molecule has 3 heterocycles. The first-order chi connectivity index (χ1) is 13.2. The van der Waals surface area contributed by atoms with Crippen LogP contribution in [-0.2, 0) is 6.54 Å². The normalized spacial score (nSPS) is 10.7. The number of hydrogen-bond donors (Lipinski definition) is 0. The van der Waals surface area contributed by atoms with Crippen molar-refractivity contribution in [3.05, 3.63) is 78.6 Å². The molecule has 4 aromatic rings. The smallest absolute Gasteiger partial charge is 0.255 e. The molecular weight excluding hydrogens is 344 g/mol. The Labute approximate surface area is 155 Å². The van der Waals surface area contributed by atoms with Gasteiger partial charge in [-0.2, -0.15) is 5.10 Å². The number of carbonyl (C=O) groups is 1. The zero-order valence-electron chi connectivity index (χ0n) is 14.6. The molecule has 0 radical (unpaired) electrons. The van der Waals surface area contributed by atoms with Crippen LogP contribution in [0.4, 0.5) is 0 Å². The Morgan fingerprint density at radius 1 is 1.11 bits per heavy atom. The second-order valence-electron chi connectivity index (χ2n) is 5.88. The standard InChI is InChI=1S/C19H16N6O2/c1-24(13-17-22-23-18(27-17)14-6-3-2-4-7-14)19(26)15-8-9-16(20-12-15)25-11-5-10-21-25/h2-12H,13H2,1H3. The second kappa shape index (κ2) is 7.20. The van der Waals surface area contributed by atoms with E-state index in [1.54, 1.807) is 36.3 Å². The van der Waals surface area contributed by atoms with Gasteiger partial charge in [0.15, 0.2) is 5.82 Å². The first-order valence-corrected chi connectivity index (χ1v) is 8.30. The minimum absolute atomic E-state index is 0.186. The highest BCUT2D eigenvalue weighted by Crippen LogP contribution is 2.18. The van der Waals surface area contributed by atoms with Crippen molar-refractivity contribution >= 4 is 5.91 Å². The summed E-state index contributed by atoms with van der Waals surface area (Å²) in [6.45, 7) is 0.208. The Hall–Kier alpha value is -3.81. The second-order valence-corrected chi connectivity index (χ2v) is 5.88. The molecule has 1 aromatic carbocycles. The van der Waals surface area contributed by atoms with Crippen LogP contribution in [0.3, 0.4) is 0 Å². The van der Waals surface area contributed by atoms with E-state index in [9.17, 15) is 4.79 Å². The van der Waals surface area contributed by atoms with Gasteiger partial charge in [0.25, 0.3) is 5.91 Å². The lowest BCUT2D eigenvalue weighted by atomic mass is 10.2. The van der Waals surface area contributed by atoms with Gasteiger partial charge in [-0.25, -0.2) is 9.67 Å². The van der Waals surface area contributed by atoms with Crippen molar-refractivity contribution in [1.82, 2.24) is 29.9 Å². The van der Waals surface area contributed by atoms with Crippen LogP contribution in [0.5, 0.6) is 0 Å². The number of pyridine rings is 1. The molecule has 4 rings (SSSR count). The van der Waals surface area contributed by atoms with E-state index in [1.165, 1.54) is 11.1 Å². The average Bonchev–Trinajstić information content (AvgIpc) is 3.40. The van der Waals surface area contributed by atoms with Gasteiger partial charge in [-0.3, -0.25) is 4.79 Å². The van der Waals surface area contributed by atoms with E-state index in [-0.39, 0.29) is 12.5 Å². The Morgan fingerprint density at radius 2 is 1.96 bits per heavy atom. The van der Waals surface area contributed by atoms with Crippen LogP contribution in [-0.4, -0.2) is 42.8 Å². The zero-order chi connectivity index (χ0) is 18.6.